The summed E-state index contributed by atoms with van der Waals surface area (Å²) in [5.74, 6) is -1.20. The number of carbonyl (C=O) groups is 2. The standard InChI is InChI=1S/C16H13BrO4/c1-20-16(19)14(11-5-3-2-4-6-11)21-15(18)12-7-9-13(17)10-8-12/h2-10,14H,1H3/t14-/m0/s1. The maximum atomic E-state index is 12.1. The first kappa shape index (κ1) is 15.3. The highest BCUT2D eigenvalue weighted by atomic mass is 79.9. The fourth-order valence-corrected chi connectivity index (χ4v) is 2.01. The van der Waals surface area contributed by atoms with Crippen LogP contribution in [0.3, 0.4) is 0 Å². The lowest BCUT2D eigenvalue weighted by Crippen LogP contribution is -2.21. The molecule has 1 atom stereocenters. The molecule has 0 aromatic heterocycles. The van der Waals surface area contributed by atoms with Gasteiger partial charge in [0.2, 0.25) is 6.10 Å². The molecule has 0 N–H and O–H groups in total. The second kappa shape index (κ2) is 7.04. The summed E-state index contributed by atoms with van der Waals surface area (Å²) in [6.07, 6.45) is -1.08. The van der Waals surface area contributed by atoms with Crippen molar-refractivity contribution in [3.8, 4) is 0 Å². The van der Waals surface area contributed by atoms with Crippen molar-refractivity contribution in [2.75, 3.05) is 7.11 Å². The van der Waals surface area contributed by atoms with Crippen LogP contribution in [0.5, 0.6) is 0 Å². The largest absolute Gasteiger partial charge is 0.466 e. The first-order chi connectivity index (χ1) is 10.1. The summed E-state index contributed by atoms with van der Waals surface area (Å²) in [4.78, 5) is 23.9. The van der Waals surface area contributed by atoms with Crippen molar-refractivity contribution in [2.24, 2.45) is 0 Å². The van der Waals surface area contributed by atoms with Gasteiger partial charge in [-0.1, -0.05) is 46.3 Å². The Bertz CT molecular complexity index is 622. The van der Waals surface area contributed by atoms with Gasteiger partial charge >= 0.3 is 11.9 Å². The lowest BCUT2D eigenvalue weighted by molar-refractivity contribution is -0.151. The first-order valence-corrected chi connectivity index (χ1v) is 7.00. The van der Waals surface area contributed by atoms with Gasteiger partial charge in [0.15, 0.2) is 0 Å². The number of rotatable bonds is 4. The predicted octanol–water partition coefficient (Wildman–Crippen LogP) is 3.52. The Balaban J connectivity index is 2.21. The van der Waals surface area contributed by atoms with E-state index in [-0.39, 0.29) is 0 Å². The van der Waals surface area contributed by atoms with E-state index < -0.39 is 18.0 Å². The molecular weight excluding hydrogens is 336 g/mol. The van der Waals surface area contributed by atoms with Gasteiger partial charge in [0.1, 0.15) is 0 Å². The molecule has 21 heavy (non-hydrogen) atoms. The molecule has 108 valence electrons. The van der Waals surface area contributed by atoms with Crippen molar-refractivity contribution >= 4 is 27.9 Å². The Morgan fingerprint density at radius 2 is 1.62 bits per heavy atom. The van der Waals surface area contributed by atoms with Crippen molar-refractivity contribution in [1.82, 2.24) is 0 Å². The molecule has 2 aromatic rings. The Hall–Kier alpha value is -2.14. The number of hydrogen-bond donors (Lipinski definition) is 0. The molecule has 0 unspecified atom stereocenters. The minimum absolute atomic E-state index is 0.364. The summed E-state index contributed by atoms with van der Waals surface area (Å²) >= 11 is 3.29. The van der Waals surface area contributed by atoms with Crippen molar-refractivity contribution < 1.29 is 19.1 Å². The molecular formula is C16H13BrO4. The van der Waals surface area contributed by atoms with E-state index in [1.165, 1.54) is 7.11 Å². The summed E-state index contributed by atoms with van der Waals surface area (Å²) < 4.78 is 10.8. The van der Waals surface area contributed by atoms with Gasteiger partial charge in [-0.3, -0.25) is 0 Å². The van der Waals surface area contributed by atoms with E-state index in [0.717, 1.165) is 4.47 Å². The summed E-state index contributed by atoms with van der Waals surface area (Å²) in [6.45, 7) is 0. The predicted molar refractivity (Wildman–Crippen MR) is 80.8 cm³/mol. The van der Waals surface area contributed by atoms with Crippen LogP contribution in [0.15, 0.2) is 59.1 Å². The number of ether oxygens (including phenoxy) is 2. The minimum atomic E-state index is -1.08. The third-order valence-corrected chi connectivity index (χ3v) is 3.35. The van der Waals surface area contributed by atoms with Crippen molar-refractivity contribution in [1.29, 1.82) is 0 Å². The van der Waals surface area contributed by atoms with Gasteiger partial charge in [-0.2, -0.15) is 0 Å². The summed E-state index contributed by atoms with van der Waals surface area (Å²) in [6, 6.07) is 15.4. The van der Waals surface area contributed by atoms with Crippen molar-refractivity contribution in [2.45, 2.75) is 6.10 Å². The lowest BCUT2D eigenvalue weighted by Gasteiger charge is -2.16. The van der Waals surface area contributed by atoms with E-state index >= 15 is 0 Å². The normalized spacial score (nSPS) is 11.5. The van der Waals surface area contributed by atoms with E-state index in [1.54, 1.807) is 48.5 Å². The third-order valence-electron chi connectivity index (χ3n) is 2.82. The van der Waals surface area contributed by atoms with Crippen LogP contribution in [0.25, 0.3) is 0 Å². The van der Waals surface area contributed by atoms with Gasteiger partial charge in [0.25, 0.3) is 0 Å². The van der Waals surface area contributed by atoms with Crippen molar-refractivity contribution in [3.05, 3.63) is 70.2 Å². The highest BCUT2D eigenvalue weighted by molar-refractivity contribution is 9.10. The van der Waals surface area contributed by atoms with Gasteiger partial charge in [-0.05, 0) is 24.3 Å². The highest BCUT2D eigenvalue weighted by Gasteiger charge is 2.26. The van der Waals surface area contributed by atoms with Crippen LogP contribution >= 0.6 is 15.9 Å². The monoisotopic (exact) mass is 348 g/mol. The first-order valence-electron chi connectivity index (χ1n) is 6.21. The molecule has 0 fully saturated rings. The SMILES string of the molecule is COC(=O)[C@@H](OC(=O)c1ccc(Br)cc1)c1ccccc1. The van der Waals surface area contributed by atoms with E-state index in [4.69, 9.17) is 9.47 Å². The topological polar surface area (TPSA) is 52.6 Å². The molecule has 2 rings (SSSR count). The second-order valence-corrected chi connectivity index (χ2v) is 5.14. The number of benzene rings is 2. The van der Waals surface area contributed by atoms with Crippen LogP contribution in [0.1, 0.15) is 22.0 Å². The molecule has 0 heterocycles. The fraction of sp³-hybridized carbons (Fsp3) is 0.125. The van der Waals surface area contributed by atoms with Crippen LogP contribution in [-0.4, -0.2) is 19.0 Å². The molecule has 5 heteroatoms. The molecule has 0 aliphatic carbocycles. The molecule has 0 spiro atoms. The molecule has 0 aliphatic heterocycles. The molecule has 0 aliphatic rings. The Kier molecular flexibility index (Phi) is 5.11. The molecule has 0 saturated heterocycles. The maximum Gasteiger partial charge on any atom is 0.351 e. The van der Waals surface area contributed by atoms with E-state index in [1.807, 2.05) is 6.07 Å². The quantitative estimate of drug-likeness (QED) is 0.793. The Labute approximate surface area is 130 Å². The molecule has 4 nitrogen and oxygen atoms in total. The lowest BCUT2D eigenvalue weighted by atomic mass is 10.1. The average molecular weight is 349 g/mol. The zero-order valence-electron chi connectivity index (χ0n) is 11.3. The van der Waals surface area contributed by atoms with Gasteiger partial charge in [-0.15, -0.1) is 0 Å². The molecule has 2 aromatic carbocycles. The summed E-state index contributed by atoms with van der Waals surface area (Å²) in [7, 11) is 1.26. The van der Waals surface area contributed by atoms with Crippen LogP contribution in [0, 0.1) is 0 Å². The minimum Gasteiger partial charge on any atom is -0.466 e. The zero-order valence-corrected chi connectivity index (χ0v) is 12.9. The van der Waals surface area contributed by atoms with Gasteiger partial charge in [0, 0.05) is 10.0 Å². The zero-order chi connectivity index (χ0) is 15.2. The second-order valence-electron chi connectivity index (χ2n) is 4.23. The van der Waals surface area contributed by atoms with Crippen LogP contribution in [0.2, 0.25) is 0 Å². The highest BCUT2D eigenvalue weighted by Crippen LogP contribution is 2.21. The van der Waals surface area contributed by atoms with Crippen LogP contribution in [-0.2, 0) is 14.3 Å². The average Bonchev–Trinajstić information content (AvgIpc) is 2.53. The number of esters is 2. The summed E-state index contributed by atoms with van der Waals surface area (Å²) in [5.41, 5.74) is 0.929. The van der Waals surface area contributed by atoms with E-state index in [9.17, 15) is 9.59 Å². The van der Waals surface area contributed by atoms with Gasteiger partial charge in [0.05, 0.1) is 12.7 Å². The van der Waals surface area contributed by atoms with Crippen LogP contribution < -0.4 is 0 Å². The van der Waals surface area contributed by atoms with Gasteiger partial charge < -0.3 is 9.47 Å². The molecule has 0 bridgehead atoms. The Morgan fingerprint density at radius 3 is 2.19 bits per heavy atom. The number of halogens is 1. The van der Waals surface area contributed by atoms with Crippen molar-refractivity contribution in [3.63, 3.8) is 0 Å². The number of hydrogen-bond acceptors (Lipinski definition) is 4. The van der Waals surface area contributed by atoms with E-state index in [0.29, 0.717) is 11.1 Å². The Morgan fingerprint density at radius 1 is 1.00 bits per heavy atom. The number of methoxy groups -OCH3 is 1. The molecule has 0 amide bonds. The third kappa shape index (κ3) is 3.92. The van der Waals surface area contributed by atoms with E-state index in [2.05, 4.69) is 15.9 Å². The summed E-state index contributed by atoms with van der Waals surface area (Å²) in [5, 5.41) is 0. The smallest absolute Gasteiger partial charge is 0.351 e. The molecule has 0 radical (unpaired) electrons. The fourth-order valence-electron chi connectivity index (χ4n) is 1.75. The molecule has 0 saturated carbocycles. The van der Waals surface area contributed by atoms with Gasteiger partial charge in [-0.25, -0.2) is 9.59 Å². The van der Waals surface area contributed by atoms with Crippen LogP contribution in [0.4, 0.5) is 0 Å². The number of carbonyl (C=O) groups excluding carboxylic acids is 2. The maximum absolute atomic E-state index is 12.1.